The van der Waals surface area contributed by atoms with E-state index in [0.29, 0.717) is 18.4 Å². The number of rotatable bonds is 8. The summed E-state index contributed by atoms with van der Waals surface area (Å²) in [6, 6.07) is 0. The average Bonchev–Trinajstić information content (AvgIpc) is 2.88. The quantitative estimate of drug-likeness (QED) is 0.720. The summed E-state index contributed by atoms with van der Waals surface area (Å²) in [5, 5.41) is 8.39. The topological polar surface area (TPSA) is 63.2 Å². The Morgan fingerprint density at radius 2 is 2.09 bits per heavy atom. The Morgan fingerprint density at radius 1 is 1.36 bits per heavy atom. The third kappa shape index (κ3) is 8.34. The Kier molecular flexibility index (Phi) is 7.82. The van der Waals surface area contributed by atoms with Crippen molar-refractivity contribution in [1.29, 1.82) is 0 Å². The second kappa shape index (κ2) is 9.10. The lowest BCUT2D eigenvalue weighted by molar-refractivity contribution is 0.0515. The van der Waals surface area contributed by atoms with E-state index in [1.807, 2.05) is 26.3 Å². The Labute approximate surface area is 137 Å². The number of aromatic nitrogens is 1. The van der Waals surface area contributed by atoms with Gasteiger partial charge in [0.2, 0.25) is 0 Å². The summed E-state index contributed by atoms with van der Waals surface area (Å²) in [6.45, 7) is 12.3. The summed E-state index contributed by atoms with van der Waals surface area (Å²) in [6.07, 6.45) is 0.592. The lowest BCUT2D eigenvalue weighted by atomic mass is 9.96. The fourth-order valence-electron chi connectivity index (χ4n) is 1.94. The first-order chi connectivity index (χ1) is 10.3. The minimum atomic E-state index is -0.455. The molecule has 0 spiro atoms. The van der Waals surface area contributed by atoms with Crippen LogP contribution in [0.4, 0.5) is 4.79 Å². The highest BCUT2D eigenvalue weighted by molar-refractivity contribution is 7.07. The molecule has 0 fully saturated rings. The maximum atomic E-state index is 11.7. The number of hydrogen-bond donors (Lipinski definition) is 2. The molecule has 22 heavy (non-hydrogen) atoms. The van der Waals surface area contributed by atoms with Crippen molar-refractivity contribution in [3.63, 3.8) is 0 Å². The number of thiazole rings is 1. The fourth-order valence-corrected chi connectivity index (χ4v) is 2.53. The molecule has 1 heterocycles. The van der Waals surface area contributed by atoms with Crippen LogP contribution in [-0.2, 0) is 11.2 Å². The van der Waals surface area contributed by atoms with Crippen molar-refractivity contribution in [2.45, 2.75) is 46.6 Å². The summed E-state index contributed by atoms with van der Waals surface area (Å²) in [4.78, 5) is 16.0. The van der Waals surface area contributed by atoms with Crippen molar-refractivity contribution in [2.24, 2.45) is 11.8 Å². The highest BCUT2D eigenvalue weighted by Crippen LogP contribution is 2.10. The number of amides is 1. The summed E-state index contributed by atoms with van der Waals surface area (Å²) in [7, 11) is 0. The second-order valence-corrected chi connectivity index (χ2v) is 7.54. The molecule has 1 aromatic rings. The molecule has 5 nitrogen and oxygen atoms in total. The minimum absolute atomic E-state index is 0.347. The van der Waals surface area contributed by atoms with Crippen LogP contribution in [0.2, 0.25) is 0 Å². The van der Waals surface area contributed by atoms with E-state index < -0.39 is 5.60 Å². The molecule has 0 bridgehead atoms. The van der Waals surface area contributed by atoms with E-state index in [4.69, 9.17) is 4.74 Å². The lowest BCUT2D eigenvalue weighted by Gasteiger charge is -2.24. The van der Waals surface area contributed by atoms with Crippen LogP contribution in [0.3, 0.4) is 0 Å². The van der Waals surface area contributed by atoms with Gasteiger partial charge in [-0.15, -0.1) is 11.3 Å². The van der Waals surface area contributed by atoms with Gasteiger partial charge in [-0.25, -0.2) is 9.78 Å². The smallest absolute Gasteiger partial charge is 0.407 e. The highest BCUT2D eigenvalue weighted by atomic mass is 32.1. The zero-order chi connectivity index (χ0) is 16.6. The second-order valence-electron chi connectivity index (χ2n) is 6.82. The Morgan fingerprint density at radius 3 is 2.64 bits per heavy atom. The lowest BCUT2D eigenvalue weighted by Crippen LogP contribution is -2.39. The van der Waals surface area contributed by atoms with E-state index >= 15 is 0 Å². The van der Waals surface area contributed by atoms with Crippen LogP contribution in [0.25, 0.3) is 0 Å². The molecule has 1 unspecified atom stereocenters. The van der Waals surface area contributed by atoms with Crippen LogP contribution in [0.1, 0.15) is 40.3 Å². The molecule has 0 aliphatic rings. The molecule has 0 aliphatic carbocycles. The van der Waals surface area contributed by atoms with Gasteiger partial charge in [-0.3, -0.25) is 0 Å². The van der Waals surface area contributed by atoms with Crippen molar-refractivity contribution in [3.8, 4) is 0 Å². The van der Waals surface area contributed by atoms with E-state index in [-0.39, 0.29) is 6.09 Å². The molecule has 0 aromatic carbocycles. The number of ether oxygens (including phenoxy) is 1. The van der Waals surface area contributed by atoms with Crippen LogP contribution in [0.15, 0.2) is 10.9 Å². The predicted molar refractivity (Wildman–Crippen MR) is 91.3 cm³/mol. The molecule has 1 rings (SSSR count). The zero-order valence-electron chi connectivity index (χ0n) is 14.3. The van der Waals surface area contributed by atoms with E-state index in [0.717, 1.165) is 25.2 Å². The molecule has 6 heteroatoms. The number of alkyl carbamates (subject to hydrolysis) is 1. The number of nitrogens with zero attached hydrogens (tertiary/aromatic N) is 1. The first kappa shape index (κ1) is 18.9. The van der Waals surface area contributed by atoms with E-state index in [1.54, 1.807) is 11.3 Å². The van der Waals surface area contributed by atoms with Crippen molar-refractivity contribution in [3.05, 3.63) is 16.6 Å². The summed E-state index contributed by atoms with van der Waals surface area (Å²) >= 11 is 1.62. The molecule has 1 atom stereocenters. The molecule has 0 radical (unpaired) electrons. The van der Waals surface area contributed by atoms with Gasteiger partial charge < -0.3 is 15.4 Å². The fraction of sp³-hybridized carbons (Fsp3) is 0.750. The van der Waals surface area contributed by atoms with Crippen LogP contribution in [0.5, 0.6) is 0 Å². The van der Waals surface area contributed by atoms with Gasteiger partial charge in [0, 0.05) is 24.9 Å². The monoisotopic (exact) mass is 327 g/mol. The van der Waals surface area contributed by atoms with Crippen LogP contribution < -0.4 is 10.6 Å². The van der Waals surface area contributed by atoms with E-state index in [9.17, 15) is 4.79 Å². The third-order valence-electron chi connectivity index (χ3n) is 3.30. The predicted octanol–water partition coefficient (Wildman–Crippen LogP) is 3.07. The normalized spacial score (nSPS) is 13.2. The molecule has 1 amide bonds. The molecule has 0 saturated carbocycles. The zero-order valence-corrected chi connectivity index (χ0v) is 15.1. The third-order valence-corrected chi connectivity index (χ3v) is 3.93. The van der Waals surface area contributed by atoms with Crippen molar-refractivity contribution in [1.82, 2.24) is 15.6 Å². The average molecular weight is 327 g/mol. The van der Waals surface area contributed by atoms with Gasteiger partial charge in [0.1, 0.15) is 5.60 Å². The molecule has 0 saturated heterocycles. The molecule has 126 valence electrons. The Hall–Kier alpha value is -1.14. The van der Waals surface area contributed by atoms with Gasteiger partial charge in [0.05, 0.1) is 11.2 Å². The van der Waals surface area contributed by atoms with Gasteiger partial charge in [-0.2, -0.15) is 0 Å². The Balaban J connectivity index is 2.25. The van der Waals surface area contributed by atoms with Crippen LogP contribution in [0, 0.1) is 11.8 Å². The van der Waals surface area contributed by atoms with Crippen molar-refractivity contribution >= 4 is 17.4 Å². The summed E-state index contributed by atoms with van der Waals surface area (Å²) < 4.78 is 5.26. The van der Waals surface area contributed by atoms with Gasteiger partial charge in [-0.1, -0.05) is 13.8 Å². The number of hydrogen-bond acceptors (Lipinski definition) is 5. The minimum Gasteiger partial charge on any atom is -0.444 e. The SMILES string of the molecule is CC(C)C(CNCCc1cscn1)CNC(=O)OC(C)(C)C. The van der Waals surface area contributed by atoms with Crippen LogP contribution in [-0.4, -0.2) is 36.3 Å². The molecular weight excluding hydrogens is 298 g/mol. The number of carbonyl (C=O) groups is 1. The molecule has 0 aliphatic heterocycles. The standard InChI is InChI=1S/C16H29N3O2S/c1-12(2)13(9-18-15(20)21-16(3,4)5)8-17-7-6-14-10-22-11-19-14/h10-13,17H,6-9H2,1-5H3,(H,18,20). The van der Waals surface area contributed by atoms with Crippen molar-refractivity contribution in [2.75, 3.05) is 19.6 Å². The van der Waals surface area contributed by atoms with Crippen molar-refractivity contribution < 1.29 is 9.53 Å². The number of carbonyl (C=O) groups excluding carboxylic acids is 1. The van der Waals surface area contributed by atoms with E-state index in [1.165, 1.54) is 0 Å². The largest absolute Gasteiger partial charge is 0.444 e. The van der Waals surface area contributed by atoms with Gasteiger partial charge in [0.25, 0.3) is 0 Å². The van der Waals surface area contributed by atoms with Crippen LogP contribution >= 0.6 is 11.3 Å². The van der Waals surface area contributed by atoms with Gasteiger partial charge in [0.15, 0.2) is 0 Å². The van der Waals surface area contributed by atoms with E-state index in [2.05, 4.69) is 34.8 Å². The highest BCUT2D eigenvalue weighted by Gasteiger charge is 2.18. The number of nitrogens with one attached hydrogen (secondary N) is 2. The molecule has 1 aromatic heterocycles. The maximum Gasteiger partial charge on any atom is 0.407 e. The Bertz CT molecular complexity index is 427. The molecular formula is C16H29N3O2S. The summed E-state index contributed by atoms with van der Waals surface area (Å²) in [5.41, 5.74) is 2.53. The van der Waals surface area contributed by atoms with Gasteiger partial charge in [-0.05, 0) is 39.2 Å². The maximum absolute atomic E-state index is 11.7. The first-order valence-electron chi connectivity index (χ1n) is 7.82. The first-order valence-corrected chi connectivity index (χ1v) is 8.77. The van der Waals surface area contributed by atoms with Gasteiger partial charge >= 0.3 is 6.09 Å². The summed E-state index contributed by atoms with van der Waals surface area (Å²) in [5.74, 6) is 0.865. The molecule has 2 N–H and O–H groups in total.